The molecule has 0 bridgehead atoms. The van der Waals surface area contributed by atoms with Gasteiger partial charge in [-0.05, 0) is 6.58 Å². The zero-order chi connectivity index (χ0) is 5.98. The number of quaternary nitrogens is 1. The standard InChI is InChI=1S/C6H11N2.ClH/c1-3-8-5-4-7(2)6-8;/h3,6H,1,4-5H2,2H3;1H/q+1;. The van der Waals surface area contributed by atoms with Gasteiger partial charge in [-0.15, -0.1) is 0 Å². The molecule has 9 heavy (non-hydrogen) atoms. The lowest BCUT2D eigenvalue weighted by atomic mass is 10.6. The second-order valence-corrected chi connectivity index (χ2v) is 2.14. The molecular formula is C6H12ClN2+. The van der Waals surface area contributed by atoms with E-state index in [0.717, 1.165) is 6.54 Å². The number of nitrogens with zero attached hydrogens (tertiary/aromatic N) is 1. The zero-order valence-corrected chi connectivity index (χ0v) is 6.36. The van der Waals surface area contributed by atoms with Gasteiger partial charge in [0.1, 0.15) is 13.6 Å². The van der Waals surface area contributed by atoms with Gasteiger partial charge in [0.2, 0.25) is 0 Å². The van der Waals surface area contributed by atoms with Crippen LogP contribution in [0.25, 0.3) is 0 Å². The van der Waals surface area contributed by atoms with Crippen molar-refractivity contribution in [3.63, 3.8) is 0 Å². The molecule has 1 atom stereocenters. The average Bonchev–Trinajstić information content (AvgIpc) is 2.14. The molecule has 1 aliphatic rings. The van der Waals surface area contributed by atoms with E-state index in [4.69, 9.17) is 0 Å². The summed E-state index contributed by atoms with van der Waals surface area (Å²) in [5.41, 5.74) is 0. The molecule has 0 saturated carbocycles. The molecule has 3 heteroatoms. The summed E-state index contributed by atoms with van der Waals surface area (Å²) in [6.07, 6.45) is 4.05. The zero-order valence-electron chi connectivity index (χ0n) is 5.60. The van der Waals surface area contributed by atoms with Gasteiger partial charge in [0.15, 0.2) is 6.54 Å². The summed E-state index contributed by atoms with van der Waals surface area (Å²) in [5.74, 6) is 0. The molecule has 1 unspecified atom stereocenters. The largest absolute Gasteiger partial charge is 1.00 e. The molecule has 0 aromatic carbocycles. The first-order valence-corrected chi connectivity index (χ1v) is 2.86. The van der Waals surface area contributed by atoms with Crippen molar-refractivity contribution < 1.29 is 21.9 Å². The molecule has 0 aliphatic carbocycles. The molecule has 1 heterocycles. The van der Waals surface area contributed by atoms with Crippen LogP contribution in [0, 0.1) is 0 Å². The molecule has 1 aliphatic heterocycles. The molecule has 52 valence electrons. The van der Waals surface area contributed by atoms with E-state index in [1.54, 1.807) is 0 Å². The predicted molar refractivity (Wildman–Crippen MR) is 33.1 cm³/mol. The maximum Gasteiger partial charge on any atom is 0.329 e. The van der Waals surface area contributed by atoms with E-state index < -0.39 is 0 Å². The van der Waals surface area contributed by atoms with Crippen LogP contribution in [0.5, 0.6) is 0 Å². The minimum absolute atomic E-state index is 0. The van der Waals surface area contributed by atoms with Gasteiger partial charge >= 0.3 is 6.34 Å². The molecule has 0 saturated heterocycles. The van der Waals surface area contributed by atoms with Gasteiger partial charge in [0.05, 0.1) is 6.20 Å². The van der Waals surface area contributed by atoms with Crippen molar-refractivity contribution in [2.75, 3.05) is 20.1 Å². The van der Waals surface area contributed by atoms with Crippen molar-refractivity contribution in [2.24, 2.45) is 0 Å². The van der Waals surface area contributed by atoms with Gasteiger partial charge in [0, 0.05) is 0 Å². The Balaban J connectivity index is 0.000000640. The van der Waals surface area contributed by atoms with E-state index in [0.29, 0.717) is 0 Å². The van der Waals surface area contributed by atoms with Crippen molar-refractivity contribution in [1.29, 1.82) is 0 Å². The monoisotopic (exact) mass is 147 g/mol. The molecule has 1 rings (SSSR count). The fraction of sp³-hybridized carbons (Fsp3) is 0.500. The SMILES string of the molecule is C=C[NH+]1C=[N+](C)CC1.[Cl-]. The summed E-state index contributed by atoms with van der Waals surface area (Å²) in [6.45, 7) is 6.00. The fourth-order valence-corrected chi connectivity index (χ4v) is 0.872. The summed E-state index contributed by atoms with van der Waals surface area (Å²) in [5, 5.41) is 0. The van der Waals surface area contributed by atoms with E-state index >= 15 is 0 Å². The highest BCUT2D eigenvalue weighted by Crippen LogP contribution is 1.65. The number of nitrogens with one attached hydrogen (secondary N) is 1. The number of hydrogen-bond acceptors (Lipinski definition) is 0. The van der Waals surface area contributed by atoms with Crippen LogP contribution in [-0.4, -0.2) is 31.1 Å². The highest BCUT2D eigenvalue weighted by Gasteiger charge is 2.16. The molecule has 0 spiro atoms. The van der Waals surface area contributed by atoms with E-state index in [1.807, 2.05) is 6.20 Å². The lowest BCUT2D eigenvalue weighted by Crippen LogP contribution is -3.05. The summed E-state index contributed by atoms with van der Waals surface area (Å²) in [4.78, 5) is 1.35. The maximum atomic E-state index is 3.68. The predicted octanol–water partition coefficient (Wildman–Crippen LogP) is -4.30. The normalized spacial score (nSPS) is 24.6. The van der Waals surface area contributed by atoms with Crippen LogP contribution in [0.1, 0.15) is 0 Å². The summed E-state index contributed by atoms with van der Waals surface area (Å²) < 4.78 is 2.18. The topological polar surface area (TPSA) is 7.45 Å². The van der Waals surface area contributed by atoms with Crippen molar-refractivity contribution in [3.05, 3.63) is 12.8 Å². The minimum atomic E-state index is 0. The van der Waals surface area contributed by atoms with Crippen LogP contribution in [-0.2, 0) is 0 Å². The Kier molecular flexibility index (Phi) is 3.50. The van der Waals surface area contributed by atoms with Crippen molar-refractivity contribution in [2.45, 2.75) is 0 Å². The Hall–Kier alpha value is -0.340. The van der Waals surface area contributed by atoms with Gasteiger partial charge in [-0.25, -0.2) is 4.90 Å². The summed E-state index contributed by atoms with van der Waals surface area (Å²) >= 11 is 0. The minimum Gasteiger partial charge on any atom is -1.00 e. The summed E-state index contributed by atoms with van der Waals surface area (Å²) in [6, 6.07) is 0. The van der Waals surface area contributed by atoms with Crippen molar-refractivity contribution >= 4 is 6.34 Å². The highest BCUT2D eigenvalue weighted by molar-refractivity contribution is 5.37. The van der Waals surface area contributed by atoms with Crippen LogP contribution in [0.3, 0.4) is 0 Å². The Morgan fingerprint density at radius 1 is 1.78 bits per heavy atom. The van der Waals surface area contributed by atoms with Gasteiger partial charge in [-0.1, -0.05) is 0 Å². The molecule has 0 amide bonds. The first-order valence-electron chi connectivity index (χ1n) is 2.86. The third-order valence-corrected chi connectivity index (χ3v) is 1.40. The Bertz CT molecular complexity index is 131. The van der Waals surface area contributed by atoms with Crippen LogP contribution >= 0.6 is 0 Å². The number of hydrogen-bond donors (Lipinski definition) is 1. The van der Waals surface area contributed by atoms with Crippen LogP contribution in [0.4, 0.5) is 0 Å². The molecule has 0 fully saturated rings. The molecule has 1 N–H and O–H groups in total. The van der Waals surface area contributed by atoms with E-state index in [2.05, 4.69) is 24.5 Å². The number of halogens is 1. The molecule has 0 aromatic heterocycles. The van der Waals surface area contributed by atoms with Crippen molar-refractivity contribution in [3.8, 4) is 0 Å². The third kappa shape index (κ3) is 2.16. The first kappa shape index (κ1) is 8.66. The Morgan fingerprint density at radius 2 is 2.44 bits per heavy atom. The molecule has 0 aromatic rings. The van der Waals surface area contributed by atoms with Crippen LogP contribution in [0.2, 0.25) is 0 Å². The second kappa shape index (κ2) is 3.64. The van der Waals surface area contributed by atoms with Gasteiger partial charge in [-0.2, -0.15) is 4.58 Å². The first-order chi connectivity index (χ1) is 3.83. The third-order valence-electron chi connectivity index (χ3n) is 1.40. The highest BCUT2D eigenvalue weighted by atomic mass is 35.5. The van der Waals surface area contributed by atoms with Gasteiger partial charge in [0.25, 0.3) is 0 Å². The van der Waals surface area contributed by atoms with E-state index in [-0.39, 0.29) is 12.4 Å². The van der Waals surface area contributed by atoms with Gasteiger partial charge < -0.3 is 12.4 Å². The smallest absolute Gasteiger partial charge is 0.329 e. The molecule has 2 nitrogen and oxygen atoms in total. The Labute approximate surface area is 61.9 Å². The molecular weight excluding hydrogens is 136 g/mol. The molecule has 0 radical (unpaired) electrons. The number of rotatable bonds is 1. The lowest BCUT2D eigenvalue weighted by Gasteiger charge is -1.89. The maximum absolute atomic E-state index is 3.68. The van der Waals surface area contributed by atoms with Gasteiger partial charge in [-0.3, -0.25) is 0 Å². The van der Waals surface area contributed by atoms with Crippen LogP contribution < -0.4 is 17.3 Å². The van der Waals surface area contributed by atoms with E-state index in [9.17, 15) is 0 Å². The fourth-order valence-electron chi connectivity index (χ4n) is 0.872. The average molecular weight is 148 g/mol. The van der Waals surface area contributed by atoms with Crippen molar-refractivity contribution in [1.82, 2.24) is 0 Å². The number of likely N-dealkylation sites (N-methyl/N-ethyl adjacent to an activating group) is 1. The quantitative estimate of drug-likeness (QED) is 0.359. The Morgan fingerprint density at radius 3 is 2.67 bits per heavy atom. The van der Waals surface area contributed by atoms with E-state index in [1.165, 1.54) is 11.4 Å². The summed E-state index contributed by atoms with van der Waals surface area (Å²) in [7, 11) is 2.08. The lowest BCUT2D eigenvalue weighted by molar-refractivity contribution is -0.732. The van der Waals surface area contributed by atoms with Crippen LogP contribution in [0.15, 0.2) is 12.8 Å². The second-order valence-electron chi connectivity index (χ2n) is 2.14.